The molecule has 96 valence electrons. The van der Waals surface area contributed by atoms with Gasteiger partial charge in [0.05, 0.1) is 0 Å². The average Bonchev–Trinajstić information content (AvgIpc) is 2.34. The Labute approximate surface area is 105 Å². The standard InChI is InChI=1S/C15H25NO/c1-13(2)11-16-12-15(9-10-17-3)14-7-5-4-6-8-14/h4-8,13,15-16H,9-12H2,1-3H3. The highest BCUT2D eigenvalue weighted by molar-refractivity contribution is 5.19. The van der Waals surface area contributed by atoms with Crippen molar-refractivity contribution in [1.82, 2.24) is 5.32 Å². The van der Waals surface area contributed by atoms with E-state index in [2.05, 4.69) is 49.5 Å². The summed E-state index contributed by atoms with van der Waals surface area (Å²) in [4.78, 5) is 0. The molecular weight excluding hydrogens is 210 g/mol. The zero-order chi connectivity index (χ0) is 12.5. The van der Waals surface area contributed by atoms with Crippen LogP contribution in [0.1, 0.15) is 31.7 Å². The van der Waals surface area contributed by atoms with Crippen LogP contribution in [-0.4, -0.2) is 26.8 Å². The van der Waals surface area contributed by atoms with E-state index in [0.717, 1.165) is 26.1 Å². The highest BCUT2D eigenvalue weighted by atomic mass is 16.5. The lowest BCUT2D eigenvalue weighted by Crippen LogP contribution is -2.26. The molecule has 1 rings (SSSR count). The third-order valence-corrected chi connectivity index (χ3v) is 2.88. The lowest BCUT2D eigenvalue weighted by molar-refractivity contribution is 0.187. The van der Waals surface area contributed by atoms with Crippen LogP contribution in [0.3, 0.4) is 0 Å². The van der Waals surface area contributed by atoms with Gasteiger partial charge in [-0.15, -0.1) is 0 Å². The molecule has 0 aromatic heterocycles. The molecule has 0 heterocycles. The Hall–Kier alpha value is -0.860. The Morgan fingerprint density at radius 2 is 1.82 bits per heavy atom. The van der Waals surface area contributed by atoms with Crippen LogP contribution in [-0.2, 0) is 4.74 Å². The van der Waals surface area contributed by atoms with Crippen LogP contribution in [0.25, 0.3) is 0 Å². The zero-order valence-corrected chi connectivity index (χ0v) is 11.3. The second kappa shape index (κ2) is 8.26. The molecule has 1 aromatic carbocycles. The Morgan fingerprint density at radius 1 is 1.12 bits per heavy atom. The van der Waals surface area contributed by atoms with Gasteiger partial charge in [0, 0.05) is 20.3 Å². The largest absolute Gasteiger partial charge is 0.385 e. The Balaban J connectivity index is 2.48. The van der Waals surface area contributed by atoms with Gasteiger partial charge in [-0.05, 0) is 30.4 Å². The molecule has 1 aromatic rings. The Morgan fingerprint density at radius 3 is 2.41 bits per heavy atom. The smallest absolute Gasteiger partial charge is 0.0468 e. The molecule has 0 saturated carbocycles. The van der Waals surface area contributed by atoms with Gasteiger partial charge in [0.2, 0.25) is 0 Å². The minimum absolute atomic E-state index is 0.551. The van der Waals surface area contributed by atoms with Gasteiger partial charge in [-0.25, -0.2) is 0 Å². The molecule has 0 spiro atoms. The summed E-state index contributed by atoms with van der Waals surface area (Å²) in [7, 11) is 1.77. The van der Waals surface area contributed by atoms with E-state index in [1.807, 2.05) is 0 Å². The van der Waals surface area contributed by atoms with E-state index in [0.29, 0.717) is 11.8 Å². The molecule has 0 bridgehead atoms. The molecule has 0 saturated heterocycles. The fourth-order valence-electron chi connectivity index (χ4n) is 1.92. The summed E-state index contributed by atoms with van der Waals surface area (Å²) in [6.07, 6.45) is 1.08. The number of hydrogen-bond acceptors (Lipinski definition) is 2. The predicted molar refractivity (Wildman–Crippen MR) is 73.4 cm³/mol. The van der Waals surface area contributed by atoms with Crippen LogP contribution in [0, 0.1) is 5.92 Å². The van der Waals surface area contributed by atoms with Crippen molar-refractivity contribution in [3.8, 4) is 0 Å². The van der Waals surface area contributed by atoms with E-state index in [1.165, 1.54) is 5.56 Å². The Bertz CT molecular complexity index is 284. The molecule has 0 fully saturated rings. The molecule has 2 heteroatoms. The number of methoxy groups -OCH3 is 1. The second-order valence-electron chi connectivity index (χ2n) is 4.94. The van der Waals surface area contributed by atoms with Gasteiger partial charge >= 0.3 is 0 Å². The highest BCUT2D eigenvalue weighted by Crippen LogP contribution is 2.18. The van der Waals surface area contributed by atoms with E-state index in [4.69, 9.17) is 4.74 Å². The Kier molecular flexibility index (Phi) is 6.90. The molecule has 2 nitrogen and oxygen atoms in total. The van der Waals surface area contributed by atoms with Crippen molar-refractivity contribution in [3.63, 3.8) is 0 Å². The van der Waals surface area contributed by atoms with Crippen LogP contribution < -0.4 is 5.32 Å². The lowest BCUT2D eigenvalue weighted by atomic mass is 9.96. The van der Waals surface area contributed by atoms with Crippen LogP contribution in [0.15, 0.2) is 30.3 Å². The van der Waals surface area contributed by atoms with Crippen LogP contribution >= 0.6 is 0 Å². The SMILES string of the molecule is COCCC(CNCC(C)C)c1ccccc1. The van der Waals surface area contributed by atoms with Gasteiger partial charge in [0.1, 0.15) is 0 Å². The van der Waals surface area contributed by atoms with Crippen molar-refractivity contribution >= 4 is 0 Å². The minimum Gasteiger partial charge on any atom is -0.385 e. The minimum atomic E-state index is 0.551. The van der Waals surface area contributed by atoms with E-state index in [-0.39, 0.29) is 0 Å². The molecule has 1 unspecified atom stereocenters. The van der Waals surface area contributed by atoms with E-state index >= 15 is 0 Å². The average molecular weight is 235 g/mol. The predicted octanol–water partition coefficient (Wildman–Crippen LogP) is 3.05. The normalized spacial score (nSPS) is 12.9. The monoisotopic (exact) mass is 235 g/mol. The summed E-state index contributed by atoms with van der Waals surface area (Å²) in [5, 5.41) is 3.54. The summed E-state index contributed by atoms with van der Waals surface area (Å²) in [5.74, 6) is 1.25. The van der Waals surface area contributed by atoms with Crippen molar-refractivity contribution in [3.05, 3.63) is 35.9 Å². The van der Waals surface area contributed by atoms with E-state index < -0.39 is 0 Å². The fraction of sp³-hybridized carbons (Fsp3) is 0.600. The van der Waals surface area contributed by atoms with Gasteiger partial charge in [0.25, 0.3) is 0 Å². The molecule has 1 N–H and O–H groups in total. The number of benzene rings is 1. The van der Waals surface area contributed by atoms with Gasteiger partial charge in [-0.2, -0.15) is 0 Å². The third kappa shape index (κ3) is 5.85. The maximum absolute atomic E-state index is 5.19. The van der Waals surface area contributed by atoms with Crippen molar-refractivity contribution in [1.29, 1.82) is 0 Å². The molecule has 0 radical (unpaired) electrons. The summed E-state index contributed by atoms with van der Waals surface area (Å²) in [5.41, 5.74) is 1.40. The molecule has 0 aliphatic carbocycles. The maximum atomic E-state index is 5.19. The first kappa shape index (κ1) is 14.2. The van der Waals surface area contributed by atoms with Crippen LogP contribution in [0.5, 0.6) is 0 Å². The molecule has 0 aliphatic rings. The quantitative estimate of drug-likeness (QED) is 0.747. The summed E-state index contributed by atoms with van der Waals surface area (Å²) >= 11 is 0. The summed E-state index contributed by atoms with van der Waals surface area (Å²) < 4.78 is 5.19. The van der Waals surface area contributed by atoms with Gasteiger partial charge < -0.3 is 10.1 Å². The van der Waals surface area contributed by atoms with Crippen LogP contribution in [0.2, 0.25) is 0 Å². The van der Waals surface area contributed by atoms with Crippen molar-refractivity contribution in [2.45, 2.75) is 26.2 Å². The fourth-order valence-corrected chi connectivity index (χ4v) is 1.92. The number of rotatable bonds is 8. The molecular formula is C15H25NO. The lowest BCUT2D eigenvalue weighted by Gasteiger charge is -2.18. The maximum Gasteiger partial charge on any atom is 0.0468 e. The van der Waals surface area contributed by atoms with Gasteiger partial charge in [-0.1, -0.05) is 44.2 Å². The summed E-state index contributed by atoms with van der Waals surface area (Å²) in [6.45, 7) is 7.41. The molecule has 17 heavy (non-hydrogen) atoms. The van der Waals surface area contributed by atoms with Crippen molar-refractivity contribution in [2.75, 3.05) is 26.8 Å². The van der Waals surface area contributed by atoms with Gasteiger partial charge in [0.15, 0.2) is 0 Å². The summed E-state index contributed by atoms with van der Waals surface area (Å²) in [6, 6.07) is 10.7. The number of ether oxygens (including phenoxy) is 1. The third-order valence-electron chi connectivity index (χ3n) is 2.88. The molecule has 0 amide bonds. The first-order valence-electron chi connectivity index (χ1n) is 6.48. The second-order valence-corrected chi connectivity index (χ2v) is 4.94. The van der Waals surface area contributed by atoms with Crippen molar-refractivity contribution in [2.24, 2.45) is 5.92 Å². The van der Waals surface area contributed by atoms with Crippen molar-refractivity contribution < 1.29 is 4.74 Å². The van der Waals surface area contributed by atoms with E-state index in [1.54, 1.807) is 7.11 Å². The molecule has 1 atom stereocenters. The number of hydrogen-bond donors (Lipinski definition) is 1. The topological polar surface area (TPSA) is 21.3 Å². The zero-order valence-electron chi connectivity index (χ0n) is 11.3. The molecule has 0 aliphatic heterocycles. The first-order valence-corrected chi connectivity index (χ1v) is 6.48. The van der Waals surface area contributed by atoms with Crippen LogP contribution in [0.4, 0.5) is 0 Å². The number of nitrogens with one attached hydrogen (secondary N) is 1. The first-order chi connectivity index (χ1) is 8.24. The van der Waals surface area contributed by atoms with E-state index in [9.17, 15) is 0 Å². The van der Waals surface area contributed by atoms with Gasteiger partial charge in [-0.3, -0.25) is 0 Å². The highest BCUT2D eigenvalue weighted by Gasteiger charge is 2.10.